The molecule has 0 bridgehead atoms. The van der Waals surface area contributed by atoms with E-state index in [0.717, 1.165) is 42.3 Å². The Hall–Kier alpha value is -0.730. The molecule has 0 saturated carbocycles. The van der Waals surface area contributed by atoms with Gasteiger partial charge in [0.15, 0.2) is 0 Å². The number of piperidine rings is 1. The Morgan fingerprint density at radius 2 is 2.07 bits per heavy atom. The van der Waals surface area contributed by atoms with Crippen LogP contribution in [0.15, 0.2) is 18.2 Å². The normalized spacial score (nSPS) is 17.7. The number of halogens is 1. The zero-order valence-corrected chi connectivity index (χ0v) is 9.68. The number of aryl methyl sites for hydroxylation is 1. The molecule has 0 aromatic heterocycles. The molecule has 0 amide bonds. The van der Waals surface area contributed by atoms with Gasteiger partial charge in [-0.2, -0.15) is 0 Å². The third-order valence-corrected chi connectivity index (χ3v) is 2.97. The van der Waals surface area contributed by atoms with Crippen molar-refractivity contribution in [3.8, 4) is 5.75 Å². The zero-order chi connectivity index (χ0) is 10.7. The summed E-state index contributed by atoms with van der Waals surface area (Å²) >= 11 is 5.94. The van der Waals surface area contributed by atoms with Crippen LogP contribution in [0.3, 0.4) is 0 Å². The molecular weight excluding hydrogens is 210 g/mol. The average molecular weight is 226 g/mol. The smallest absolute Gasteiger partial charge is 0.124 e. The molecule has 82 valence electrons. The Bertz CT molecular complexity index is 334. The molecule has 2 rings (SSSR count). The first-order chi connectivity index (χ1) is 7.25. The minimum Gasteiger partial charge on any atom is -0.490 e. The van der Waals surface area contributed by atoms with Gasteiger partial charge in [-0.15, -0.1) is 0 Å². The van der Waals surface area contributed by atoms with Crippen LogP contribution in [0.4, 0.5) is 0 Å². The maximum Gasteiger partial charge on any atom is 0.124 e. The average Bonchev–Trinajstić information content (AvgIpc) is 2.25. The van der Waals surface area contributed by atoms with Crippen LogP contribution in [0.2, 0.25) is 5.02 Å². The van der Waals surface area contributed by atoms with Crippen LogP contribution in [0.25, 0.3) is 0 Å². The first-order valence-electron chi connectivity index (χ1n) is 5.39. The minimum absolute atomic E-state index is 0.336. The largest absolute Gasteiger partial charge is 0.490 e. The zero-order valence-electron chi connectivity index (χ0n) is 8.92. The number of hydrogen-bond donors (Lipinski definition) is 1. The van der Waals surface area contributed by atoms with Crippen LogP contribution in [0, 0.1) is 6.92 Å². The lowest BCUT2D eigenvalue weighted by molar-refractivity contribution is 0.161. The third-order valence-electron chi connectivity index (χ3n) is 2.73. The van der Waals surface area contributed by atoms with Gasteiger partial charge in [0.1, 0.15) is 11.9 Å². The van der Waals surface area contributed by atoms with Crippen molar-refractivity contribution >= 4 is 11.6 Å². The van der Waals surface area contributed by atoms with Crippen LogP contribution < -0.4 is 10.1 Å². The van der Waals surface area contributed by atoms with E-state index in [0.29, 0.717) is 6.10 Å². The fourth-order valence-electron chi connectivity index (χ4n) is 1.79. The number of ether oxygens (including phenoxy) is 1. The summed E-state index contributed by atoms with van der Waals surface area (Å²) in [5.74, 6) is 0.925. The quantitative estimate of drug-likeness (QED) is 0.836. The molecule has 0 spiro atoms. The highest BCUT2D eigenvalue weighted by molar-refractivity contribution is 6.30. The molecule has 1 heterocycles. The second-order valence-electron chi connectivity index (χ2n) is 3.98. The Kier molecular flexibility index (Phi) is 3.49. The molecule has 1 saturated heterocycles. The summed E-state index contributed by atoms with van der Waals surface area (Å²) in [4.78, 5) is 0. The number of nitrogens with one attached hydrogen (secondary N) is 1. The van der Waals surface area contributed by atoms with Crippen molar-refractivity contribution in [3.63, 3.8) is 0 Å². The molecular formula is C12H16ClNO. The Morgan fingerprint density at radius 1 is 1.33 bits per heavy atom. The fraction of sp³-hybridized carbons (Fsp3) is 0.500. The third kappa shape index (κ3) is 2.86. The first-order valence-corrected chi connectivity index (χ1v) is 5.77. The minimum atomic E-state index is 0.336. The Morgan fingerprint density at radius 3 is 2.80 bits per heavy atom. The molecule has 1 aromatic carbocycles. The first kappa shape index (κ1) is 10.8. The lowest BCUT2D eigenvalue weighted by atomic mass is 10.1. The lowest BCUT2D eigenvalue weighted by Gasteiger charge is -2.24. The summed E-state index contributed by atoms with van der Waals surface area (Å²) in [6.07, 6.45) is 2.49. The van der Waals surface area contributed by atoms with Gasteiger partial charge in [0.05, 0.1) is 0 Å². The van der Waals surface area contributed by atoms with E-state index in [1.165, 1.54) is 0 Å². The molecule has 1 N–H and O–H groups in total. The predicted octanol–water partition coefficient (Wildman–Crippen LogP) is 2.78. The van der Waals surface area contributed by atoms with E-state index in [9.17, 15) is 0 Å². The van der Waals surface area contributed by atoms with Gasteiger partial charge in [-0.25, -0.2) is 0 Å². The molecule has 15 heavy (non-hydrogen) atoms. The molecule has 1 aromatic rings. The summed E-state index contributed by atoms with van der Waals surface area (Å²) in [5.41, 5.74) is 1.15. The van der Waals surface area contributed by atoms with Crippen LogP contribution >= 0.6 is 11.6 Å². The standard InChI is InChI=1S/C12H16ClNO/c1-9-2-3-10(13)8-12(9)15-11-4-6-14-7-5-11/h2-3,8,11,14H,4-7H2,1H3. The second-order valence-corrected chi connectivity index (χ2v) is 4.41. The number of benzene rings is 1. The summed E-state index contributed by atoms with van der Waals surface area (Å²) in [6.45, 7) is 4.14. The molecule has 2 nitrogen and oxygen atoms in total. The molecule has 0 unspecified atom stereocenters. The van der Waals surface area contributed by atoms with Crippen LogP contribution in [0.5, 0.6) is 5.75 Å². The lowest BCUT2D eigenvalue weighted by Crippen LogP contribution is -2.34. The van der Waals surface area contributed by atoms with E-state index < -0.39 is 0 Å². The van der Waals surface area contributed by atoms with E-state index in [1.807, 2.05) is 25.1 Å². The van der Waals surface area contributed by atoms with E-state index in [4.69, 9.17) is 16.3 Å². The maximum absolute atomic E-state index is 5.94. The van der Waals surface area contributed by atoms with Gasteiger partial charge in [-0.3, -0.25) is 0 Å². The van der Waals surface area contributed by atoms with Crippen molar-refractivity contribution in [2.75, 3.05) is 13.1 Å². The molecule has 0 atom stereocenters. The van der Waals surface area contributed by atoms with Gasteiger partial charge < -0.3 is 10.1 Å². The second kappa shape index (κ2) is 4.86. The van der Waals surface area contributed by atoms with Crippen LogP contribution in [0.1, 0.15) is 18.4 Å². The van der Waals surface area contributed by atoms with Crippen molar-refractivity contribution in [2.45, 2.75) is 25.9 Å². The molecule has 1 aliphatic heterocycles. The molecule has 0 aliphatic carbocycles. The summed E-state index contributed by atoms with van der Waals surface area (Å²) in [5, 5.41) is 4.06. The van der Waals surface area contributed by atoms with Gasteiger partial charge in [0.25, 0.3) is 0 Å². The van der Waals surface area contributed by atoms with Crippen LogP contribution in [-0.4, -0.2) is 19.2 Å². The van der Waals surface area contributed by atoms with Crippen molar-refractivity contribution in [3.05, 3.63) is 28.8 Å². The predicted molar refractivity (Wildman–Crippen MR) is 62.7 cm³/mol. The summed E-state index contributed by atoms with van der Waals surface area (Å²) < 4.78 is 5.94. The fourth-order valence-corrected chi connectivity index (χ4v) is 1.96. The number of hydrogen-bond acceptors (Lipinski definition) is 2. The maximum atomic E-state index is 5.94. The Balaban J connectivity index is 2.05. The highest BCUT2D eigenvalue weighted by Crippen LogP contribution is 2.25. The van der Waals surface area contributed by atoms with Gasteiger partial charge in [-0.05, 0) is 50.6 Å². The van der Waals surface area contributed by atoms with Gasteiger partial charge in [-0.1, -0.05) is 17.7 Å². The van der Waals surface area contributed by atoms with Gasteiger partial charge in [0.2, 0.25) is 0 Å². The SMILES string of the molecule is Cc1ccc(Cl)cc1OC1CCNCC1. The van der Waals surface area contributed by atoms with Crippen molar-refractivity contribution in [2.24, 2.45) is 0 Å². The molecule has 3 heteroatoms. The summed E-state index contributed by atoms with van der Waals surface area (Å²) in [6, 6.07) is 5.80. The Labute approximate surface area is 95.6 Å². The van der Waals surface area contributed by atoms with E-state index in [2.05, 4.69) is 5.32 Å². The van der Waals surface area contributed by atoms with Crippen molar-refractivity contribution in [1.82, 2.24) is 5.32 Å². The van der Waals surface area contributed by atoms with E-state index >= 15 is 0 Å². The molecule has 0 radical (unpaired) electrons. The van der Waals surface area contributed by atoms with E-state index in [1.54, 1.807) is 0 Å². The van der Waals surface area contributed by atoms with Crippen molar-refractivity contribution < 1.29 is 4.74 Å². The van der Waals surface area contributed by atoms with Gasteiger partial charge in [0, 0.05) is 5.02 Å². The highest BCUT2D eigenvalue weighted by atomic mass is 35.5. The van der Waals surface area contributed by atoms with Gasteiger partial charge >= 0.3 is 0 Å². The molecule has 1 fully saturated rings. The summed E-state index contributed by atoms with van der Waals surface area (Å²) in [7, 11) is 0. The monoisotopic (exact) mass is 225 g/mol. The highest BCUT2D eigenvalue weighted by Gasteiger charge is 2.15. The molecule has 1 aliphatic rings. The van der Waals surface area contributed by atoms with Crippen LogP contribution in [-0.2, 0) is 0 Å². The van der Waals surface area contributed by atoms with Crippen molar-refractivity contribution in [1.29, 1.82) is 0 Å². The topological polar surface area (TPSA) is 21.3 Å². The number of rotatable bonds is 2. The van der Waals surface area contributed by atoms with E-state index in [-0.39, 0.29) is 0 Å².